The number of nitrogens with zero attached hydrogens (tertiary/aromatic N) is 7. The van der Waals surface area contributed by atoms with Gasteiger partial charge >= 0.3 is 0 Å². The molecule has 1 saturated carbocycles. The lowest BCUT2D eigenvalue weighted by Gasteiger charge is -2.40. The van der Waals surface area contributed by atoms with E-state index in [4.69, 9.17) is 0 Å². The molecular formula is C21H27N7. The van der Waals surface area contributed by atoms with Crippen LogP contribution in [0.25, 0.3) is 5.65 Å². The van der Waals surface area contributed by atoms with Crippen LogP contribution in [0.2, 0.25) is 0 Å². The SMILES string of the molecule is Cc1cc(N(C2CC2)C2CCN(c3cc(C)nc4cc(C)nn34)CC2)ncn1. The molecule has 0 amide bonds. The monoisotopic (exact) mass is 377 g/mol. The molecule has 0 spiro atoms. The van der Waals surface area contributed by atoms with Crippen LogP contribution in [0.4, 0.5) is 11.6 Å². The molecule has 7 heteroatoms. The van der Waals surface area contributed by atoms with Gasteiger partial charge in [0.25, 0.3) is 0 Å². The molecule has 0 bridgehead atoms. The highest BCUT2D eigenvalue weighted by Gasteiger charge is 2.36. The second-order valence-electron chi connectivity index (χ2n) is 8.19. The van der Waals surface area contributed by atoms with E-state index in [0.29, 0.717) is 12.1 Å². The van der Waals surface area contributed by atoms with E-state index in [0.717, 1.165) is 60.3 Å². The lowest BCUT2D eigenvalue weighted by atomic mass is 10.0. The topological polar surface area (TPSA) is 62.5 Å². The van der Waals surface area contributed by atoms with E-state index in [9.17, 15) is 0 Å². The van der Waals surface area contributed by atoms with Gasteiger partial charge in [-0.15, -0.1) is 0 Å². The van der Waals surface area contributed by atoms with Crippen LogP contribution in [0.15, 0.2) is 24.5 Å². The Kier molecular flexibility index (Phi) is 4.18. The molecule has 1 aliphatic heterocycles. The Morgan fingerprint density at radius 1 is 0.857 bits per heavy atom. The summed E-state index contributed by atoms with van der Waals surface area (Å²) in [6.07, 6.45) is 6.51. The van der Waals surface area contributed by atoms with Gasteiger partial charge in [-0.2, -0.15) is 9.61 Å². The molecule has 3 aromatic rings. The fraction of sp³-hybridized carbons (Fsp3) is 0.524. The summed E-state index contributed by atoms with van der Waals surface area (Å²) in [6.45, 7) is 8.18. The van der Waals surface area contributed by atoms with Crippen LogP contribution in [0.1, 0.15) is 42.8 Å². The highest BCUT2D eigenvalue weighted by Crippen LogP contribution is 2.36. The minimum atomic E-state index is 0.538. The van der Waals surface area contributed by atoms with Crippen molar-refractivity contribution in [3.63, 3.8) is 0 Å². The van der Waals surface area contributed by atoms with Gasteiger partial charge in [-0.3, -0.25) is 0 Å². The molecule has 7 nitrogen and oxygen atoms in total. The Bertz CT molecular complexity index is 999. The molecule has 0 unspecified atom stereocenters. The Labute approximate surface area is 165 Å². The number of rotatable bonds is 4. The zero-order valence-corrected chi connectivity index (χ0v) is 16.8. The summed E-state index contributed by atoms with van der Waals surface area (Å²) in [6, 6.07) is 7.53. The maximum Gasteiger partial charge on any atom is 0.157 e. The first-order valence-corrected chi connectivity index (χ1v) is 10.2. The fourth-order valence-electron chi connectivity index (χ4n) is 4.40. The minimum absolute atomic E-state index is 0.538. The van der Waals surface area contributed by atoms with Gasteiger partial charge in [-0.25, -0.2) is 15.0 Å². The standard InChI is InChI=1S/C21H27N7/c1-14-10-19(23-13-22-14)27(17-4-5-17)18-6-8-26(9-7-18)21-12-15(2)24-20-11-16(3)25-28(20)21/h10-13,17-18H,4-9H2,1-3H3. The van der Waals surface area contributed by atoms with Gasteiger partial charge in [-0.1, -0.05) is 0 Å². The van der Waals surface area contributed by atoms with E-state index in [2.05, 4.69) is 55.0 Å². The molecule has 0 N–H and O–H groups in total. The molecule has 3 aromatic heterocycles. The summed E-state index contributed by atoms with van der Waals surface area (Å²) >= 11 is 0. The molecule has 2 aliphatic rings. The summed E-state index contributed by atoms with van der Waals surface area (Å²) in [5.41, 5.74) is 4.02. The van der Waals surface area contributed by atoms with Crippen molar-refractivity contribution in [1.29, 1.82) is 0 Å². The molecule has 0 aromatic carbocycles. The summed E-state index contributed by atoms with van der Waals surface area (Å²) in [7, 11) is 0. The predicted octanol–water partition coefficient (Wildman–Crippen LogP) is 3.08. The normalized spacial score (nSPS) is 18.0. The third kappa shape index (κ3) is 3.19. The first-order chi connectivity index (χ1) is 13.6. The van der Waals surface area contributed by atoms with Crippen molar-refractivity contribution in [2.45, 2.75) is 58.5 Å². The summed E-state index contributed by atoms with van der Waals surface area (Å²) in [5.74, 6) is 2.25. The van der Waals surface area contributed by atoms with Gasteiger partial charge in [0.2, 0.25) is 0 Å². The van der Waals surface area contributed by atoms with E-state index in [1.807, 2.05) is 18.4 Å². The van der Waals surface area contributed by atoms with Crippen molar-refractivity contribution in [2.24, 2.45) is 0 Å². The predicted molar refractivity (Wildman–Crippen MR) is 110 cm³/mol. The van der Waals surface area contributed by atoms with Crippen LogP contribution in [0, 0.1) is 20.8 Å². The van der Waals surface area contributed by atoms with Crippen LogP contribution in [0.3, 0.4) is 0 Å². The van der Waals surface area contributed by atoms with Crippen LogP contribution < -0.4 is 9.80 Å². The smallest absolute Gasteiger partial charge is 0.157 e. The first kappa shape index (κ1) is 17.4. The minimum Gasteiger partial charge on any atom is -0.356 e. The van der Waals surface area contributed by atoms with E-state index < -0.39 is 0 Å². The highest BCUT2D eigenvalue weighted by atomic mass is 15.4. The number of anilines is 2. The van der Waals surface area contributed by atoms with E-state index in [-0.39, 0.29) is 0 Å². The number of hydrogen-bond acceptors (Lipinski definition) is 6. The van der Waals surface area contributed by atoms with E-state index in [1.54, 1.807) is 6.33 Å². The third-order valence-corrected chi connectivity index (χ3v) is 5.83. The molecule has 5 rings (SSSR count). The number of hydrogen-bond donors (Lipinski definition) is 0. The third-order valence-electron chi connectivity index (χ3n) is 5.83. The maximum atomic E-state index is 4.66. The van der Waals surface area contributed by atoms with Gasteiger partial charge in [0.15, 0.2) is 5.65 Å². The number of aromatic nitrogens is 5. The largest absolute Gasteiger partial charge is 0.356 e. The second kappa shape index (κ2) is 6.72. The molecule has 146 valence electrons. The zero-order chi connectivity index (χ0) is 19.3. The first-order valence-electron chi connectivity index (χ1n) is 10.2. The van der Waals surface area contributed by atoms with Crippen LogP contribution >= 0.6 is 0 Å². The number of aryl methyl sites for hydroxylation is 3. The van der Waals surface area contributed by atoms with Crippen molar-refractivity contribution in [3.8, 4) is 0 Å². The van der Waals surface area contributed by atoms with Crippen LogP contribution in [-0.4, -0.2) is 49.7 Å². The average Bonchev–Trinajstić information content (AvgIpc) is 3.42. The molecule has 2 fully saturated rings. The lowest BCUT2D eigenvalue weighted by molar-refractivity contribution is 0.455. The quantitative estimate of drug-likeness (QED) is 0.696. The summed E-state index contributed by atoms with van der Waals surface area (Å²) < 4.78 is 2.00. The van der Waals surface area contributed by atoms with Crippen molar-refractivity contribution in [2.75, 3.05) is 22.9 Å². The van der Waals surface area contributed by atoms with Crippen molar-refractivity contribution >= 4 is 17.3 Å². The van der Waals surface area contributed by atoms with Gasteiger partial charge < -0.3 is 9.80 Å². The maximum absolute atomic E-state index is 4.66. The van der Waals surface area contributed by atoms with Crippen molar-refractivity contribution < 1.29 is 0 Å². The zero-order valence-electron chi connectivity index (χ0n) is 16.8. The Hall–Kier alpha value is -2.70. The molecule has 0 atom stereocenters. The van der Waals surface area contributed by atoms with Crippen LogP contribution in [-0.2, 0) is 0 Å². The fourth-order valence-corrected chi connectivity index (χ4v) is 4.40. The van der Waals surface area contributed by atoms with Gasteiger partial charge in [-0.05, 0) is 46.5 Å². The molecule has 0 radical (unpaired) electrons. The Morgan fingerprint density at radius 3 is 2.32 bits per heavy atom. The van der Waals surface area contributed by atoms with E-state index >= 15 is 0 Å². The van der Waals surface area contributed by atoms with Gasteiger partial charge in [0.1, 0.15) is 18.0 Å². The number of fused-ring (bicyclic) bond motifs is 1. The number of piperidine rings is 1. The van der Waals surface area contributed by atoms with Crippen molar-refractivity contribution in [3.05, 3.63) is 41.6 Å². The molecule has 1 aliphatic carbocycles. The molecule has 1 saturated heterocycles. The van der Waals surface area contributed by atoms with Gasteiger partial charge in [0.05, 0.1) is 5.69 Å². The summed E-state index contributed by atoms with van der Waals surface area (Å²) in [5, 5.41) is 4.66. The summed E-state index contributed by atoms with van der Waals surface area (Å²) in [4.78, 5) is 18.5. The van der Waals surface area contributed by atoms with Crippen LogP contribution in [0.5, 0.6) is 0 Å². The van der Waals surface area contributed by atoms with Crippen molar-refractivity contribution in [1.82, 2.24) is 24.6 Å². The Morgan fingerprint density at radius 2 is 1.61 bits per heavy atom. The lowest BCUT2D eigenvalue weighted by Crippen LogP contribution is -2.47. The molecule has 28 heavy (non-hydrogen) atoms. The average molecular weight is 377 g/mol. The van der Waals surface area contributed by atoms with Gasteiger partial charge in [0, 0.05) is 54.8 Å². The van der Waals surface area contributed by atoms with E-state index in [1.165, 1.54) is 12.8 Å². The second-order valence-corrected chi connectivity index (χ2v) is 8.19. The highest BCUT2D eigenvalue weighted by molar-refractivity contribution is 5.52. The molecule has 4 heterocycles. The Balaban J connectivity index is 1.37. The molecular weight excluding hydrogens is 350 g/mol.